The number of pyridine rings is 1. The van der Waals surface area contributed by atoms with E-state index in [0.717, 1.165) is 0 Å². The van der Waals surface area contributed by atoms with Gasteiger partial charge in [0.2, 0.25) is 5.95 Å². The molecule has 1 saturated carbocycles. The Hall–Kier alpha value is -2.13. The van der Waals surface area contributed by atoms with E-state index >= 15 is 0 Å². The van der Waals surface area contributed by atoms with Crippen molar-refractivity contribution in [2.45, 2.75) is 24.5 Å². The lowest BCUT2D eigenvalue weighted by Gasteiger charge is -2.28. The number of aromatic nitrogens is 3. The highest BCUT2D eigenvalue weighted by molar-refractivity contribution is 7.91. The first-order valence-electron chi connectivity index (χ1n) is 8.84. The van der Waals surface area contributed by atoms with Gasteiger partial charge in [-0.3, -0.25) is 4.98 Å². The molecule has 2 fully saturated rings. The molecule has 2 aromatic heterocycles. The molecule has 0 aromatic carbocycles. The maximum atomic E-state index is 14.5. The van der Waals surface area contributed by atoms with Crippen molar-refractivity contribution in [3.05, 3.63) is 35.5 Å². The van der Waals surface area contributed by atoms with E-state index in [0.29, 0.717) is 62.2 Å². The van der Waals surface area contributed by atoms with E-state index in [1.165, 1.54) is 18.5 Å². The number of rotatable bonds is 4. The monoisotopic (exact) mass is 392 g/mol. The third kappa shape index (κ3) is 3.29. The number of halogens is 1. The fourth-order valence-electron chi connectivity index (χ4n) is 3.36. The zero-order valence-electron chi connectivity index (χ0n) is 15.3. The van der Waals surface area contributed by atoms with Gasteiger partial charge in [0.25, 0.3) is 0 Å². The summed E-state index contributed by atoms with van der Waals surface area (Å²) in [5.41, 5.74) is 1.58. The van der Waals surface area contributed by atoms with Crippen LogP contribution in [0.1, 0.15) is 24.2 Å². The van der Waals surface area contributed by atoms with Crippen LogP contribution in [0.3, 0.4) is 0 Å². The van der Waals surface area contributed by atoms with Gasteiger partial charge in [0.15, 0.2) is 9.84 Å². The third-order valence-corrected chi connectivity index (χ3v) is 7.19. The van der Waals surface area contributed by atoms with E-state index in [4.69, 9.17) is 4.74 Å². The first-order chi connectivity index (χ1) is 12.8. The number of nitrogens with zero attached hydrogens (tertiary/aromatic N) is 4. The average molecular weight is 392 g/mol. The van der Waals surface area contributed by atoms with Gasteiger partial charge in [-0.1, -0.05) is 0 Å². The quantitative estimate of drug-likeness (QED) is 0.785. The van der Waals surface area contributed by atoms with Crippen LogP contribution < -0.4 is 4.90 Å². The highest BCUT2D eigenvalue weighted by Gasteiger charge is 2.55. The lowest BCUT2D eigenvalue weighted by molar-refractivity contribution is 0.122. The largest absolute Gasteiger partial charge is 0.378 e. The summed E-state index contributed by atoms with van der Waals surface area (Å²) in [6.45, 7) is 3.99. The molecule has 0 atom stereocenters. The van der Waals surface area contributed by atoms with Gasteiger partial charge >= 0.3 is 0 Å². The van der Waals surface area contributed by atoms with Gasteiger partial charge in [-0.2, -0.15) is 0 Å². The number of hydrogen-bond donors (Lipinski definition) is 0. The minimum atomic E-state index is -3.35. The molecule has 2 aliphatic rings. The van der Waals surface area contributed by atoms with E-state index in [2.05, 4.69) is 15.0 Å². The van der Waals surface area contributed by atoms with Gasteiger partial charge in [-0.05, 0) is 31.9 Å². The second-order valence-corrected chi connectivity index (χ2v) is 9.44. The highest BCUT2D eigenvalue weighted by atomic mass is 32.2. The lowest BCUT2D eigenvalue weighted by Crippen LogP contribution is -2.38. The van der Waals surface area contributed by atoms with Crippen LogP contribution in [0.5, 0.6) is 0 Å². The Morgan fingerprint density at radius 1 is 1.19 bits per heavy atom. The summed E-state index contributed by atoms with van der Waals surface area (Å²) in [4.78, 5) is 15.2. The zero-order chi connectivity index (χ0) is 19.2. The van der Waals surface area contributed by atoms with Gasteiger partial charge in [0.05, 0.1) is 30.2 Å². The first-order valence-corrected chi connectivity index (χ1v) is 10.7. The van der Waals surface area contributed by atoms with E-state index in [-0.39, 0.29) is 5.56 Å². The Kier molecular flexibility index (Phi) is 4.38. The van der Waals surface area contributed by atoms with Crippen LogP contribution >= 0.6 is 0 Å². The Morgan fingerprint density at radius 2 is 1.89 bits per heavy atom. The van der Waals surface area contributed by atoms with Crippen LogP contribution in [0.25, 0.3) is 11.3 Å². The van der Waals surface area contributed by atoms with Gasteiger partial charge < -0.3 is 9.64 Å². The fraction of sp³-hybridized carbons (Fsp3) is 0.500. The van der Waals surface area contributed by atoms with E-state index in [1.807, 2.05) is 4.90 Å². The molecule has 0 N–H and O–H groups in total. The van der Waals surface area contributed by atoms with Crippen molar-refractivity contribution in [1.29, 1.82) is 0 Å². The number of hydrogen-bond acceptors (Lipinski definition) is 7. The minimum absolute atomic E-state index is 0.239. The van der Waals surface area contributed by atoms with Crippen molar-refractivity contribution in [3.63, 3.8) is 0 Å². The third-order valence-electron chi connectivity index (χ3n) is 5.16. The molecule has 7 nitrogen and oxygen atoms in total. The van der Waals surface area contributed by atoms with E-state index in [1.54, 1.807) is 13.0 Å². The van der Waals surface area contributed by atoms with Crippen molar-refractivity contribution in [2.24, 2.45) is 0 Å². The van der Waals surface area contributed by atoms with Crippen LogP contribution in [-0.4, -0.2) is 55.9 Å². The molecule has 144 valence electrons. The Bertz CT molecular complexity index is 986. The van der Waals surface area contributed by atoms with Gasteiger partial charge in [0, 0.05) is 31.2 Å². The number of ether oxygens (including phenoxy) is 1. The molecule has 9 heteroatoms. The predicted octanol–water partition coefficient (Wildman–Crippen LogP) is 1.86. The molecule has 3 heterocycles. The fourth-order valence-corrected chi connectivity index (χ4v) is 4.68. The average Bonchev–Trinajstić information content (AvgIpc) is 3.44. The molecular weight excluding hydrogens is 371 g/mol. The summed E-state index contributed by atoms with van der Waals surface area (Å²) in [6, 6.07) is 2.93. The Labute approximate surface area is 157 Å². The predicted molar refractivity (Wildman–Crippen MR) is 98.7 cm³/mol. The number of anilines is 1. The molecule has 2 aromatic rings. The number of sulfone groups is 1. The van der Waals surface area contributed by atoms with Crippen LogP contribution in [-0.2, 0) is 19.3 Å². The van der Waals surface area contributed by atoms with Crippen LogP contribution in [0, 0.1) is 12.7 Å². The second-order valence-electron chi connectivity index (χ2n) is 7.11. The van der Waals surface area contributed by atoms with Crippen molar-refractivity contribution in [2.75, 3.05) is 37.5 Å². The molecule has 1 saturated heterocycles. The highest BCUT2D eigenvalue weighted by Crippen LogP contribution is 2.52. The lowest BCUT2D eigenvalue weighted by atomic mass is 10.1. The van der Waals surface area contributed by atoms with Crippen molar-refractivity contribution in [3.8, 4) is 11.3 Å². The summed E-state index contributed by atoms with van der Waals surface area (Å²) >= 11 is 0. The molecule has 0 amide bonds. The standard InChI is InChI=1S/C18H21FN4O3S/c1-12-9-14(19)13(11-20-12)15-10-16(18(3-4-18)27(2,24)25)22-17(21-15)23-5-7-26-8-6-23/h9-11H,3-8H2,1-2H3. The summed E-state index contributed by atoms with van der Waals surface area (Å²) in [6.07, 6.45) is 3.68. The van der Waals surface area contributed by atoms with Gasteiger partial charge in [0.1, 0.15) is 10.6 Å². The normalized spacial score (nSPS) is 19.1. The first kappa shape index (κ1) is 18.2. The molecular formula is C18H21FN4O3S. The van der Waals surface area contributed by atoms with Crippen molar-refractivity contribution in [1.82, 2.24) is 15.0 Å². The van der Waals surface area contributed by atoms with Gasteiger partial charge in [-0.25, -0.2) is 22.8 Å². The molecule has 0 unspecified atom stereocenters. The molecule has 1 aliphatic heterocycles. The van der Waals surface area contributed by atoms with Crippen LogP contribution in [0.4, 0.5) is 10.3 Å². The van der Waals surface area contributed by atoms with E-state index < -0.39 is 20.4 Å². The Morgan fingerprint density at radius 3 is 2.48 bits per heavy atom. The maximum Gasteiger partial charge on any atom is 0.226 e. The maximum absolute atomic E-state index is 14.5. The van der Waals surface area contributed by atoms with Crippen molar-refractivity contribution < 1.29 is 17.5 Å². The summed E-state index contributed by atoms with van der Waals surface area (Å²) in [5, 5.41) is 0. The van der Waals surface area contributed by atoms with Crippen LogP contribution in [0.2, 0.25) is 0 Å². The van der Waals surface area contributed by atoms with Crippen molar-refractivity contribution >= 4 is 15.8 Å². The summed E-state index contributed by atoms with van der Waals surface area (Å²) in [7, 11) is -3.35. The molecule has 0 radical (unpaired) electrons. The van der Waals surface area contributed by atoms with E-state index in [9.17, 15) is 12.8 Å². The second kappa shape index (κ2) is 6.49. The SMILES string of the molecule is Cc1cc(F)c(-c2cc(C3(S(C)(=O)=O)CC3)nc(N3CCOCC3)n2)cn1. The molecule has 27 heavy (non-hydrogen) atoms. The molecule has 0 spiro atoms. The minimum Gasteiger partial charge on any atom is -0.378 e. The van der Waals surface area contributed by atoms with Crippen LogP contribution in [0.15, 0.2) is 18.3 Å². The number of aryl methyl sites for hydroxylation is 1. The smallest absolute Gasteiger partial charge is 0.226 e. The zero-order valence-corrected chi connectivity index (χ0v) is 16.1. The molecule has 1 aliphatic carbocycles. The molecule has 0 bridgehead atoms. The molecule has 4 rings (SSSR count). The summed E-state index contributed by atoms with van der Waals surface area (Å²) in [5.74, 6) is -0.0371. The topological polar surface area (TPSA) is 85.3 Å². The summed E-state index contributed by atoms with van der Waals surface area (Å²) < 4.78 is 43.7. The van der Waals surface area contributed by atoms with Gasteiger partial charge in [-0.15, -0.1) is 0 Å². The Balaban J connectivity index is 1.87. The number of morpholine rings is 1.